The Bertz CT molecular complexity index is 385. The lowest BCUT2D eigenvalue weighted by Crippen LogP contribution is -2.17. The van der Waals surface area contributed by atoms with Gasteiger partial charge in [0.05, 0.1) is 13.2 Å². The van der Waals surface area contributed by atoms with E-state index in [1.807, 2.05) is 20.8 Å². The summed E-state index contributed by atoms with van der Waals surface area (Å²) < 4.78 is 10.6. The summed E-state index contributed by atoms with van der Waals surface area (Å²) in [5.41, 5.74) is 1.05. The Kier molecular flexibility index (Phi) is 14.4. The van der Waals surface area contributed by atoms with Gasteiger partial charge in [-0.3, -0.25) is 0 Å². The summed E-state index contributed by atoms with van der Waals surface area (Å²) in [5.74, 6) is -0.694. The third-order valence-corrected chi connectivity index (χ3v) is 3.76. The molecule has 0 saturated heterocycles. The van der Waals surface area contributed by atoms with Gasteiger partial charge in [0.15, 0.2) is 0 Å². The predicted octanol–water partition coefficient (Wildman–Crippen LogP) is 5.35. The molecule has 0 fully saturated rings. The van der Waals surface area contributed by atoms with Crippen LogP contribution in [-0.4, -0.2) is 25.2 Å². The Labute approximate surface area is 148 Å². The van der Waals surface area contributed by atoms with Gasteiger partial charge in [-0.25, -0.2) is 9.59 Å². The SMILES string of the molecule is CCCCCCCC(C(=O)OCCC)=C(CCC)C(=O)OCCC. The Morgan fingerprint density at radius 2 is 1.08 bits per heavy atom. The Balaban J connectivity index is 5.13. The molecule has 4 nitrogen and oxygen atoms in total. The zero-order chi connectivity index (χ0) is 18.2. The first kappa shape index (κ1) is 22.7. The van der Waals surface area contributed by atoms with Crippen LogP contribution in [-0.2, 0) is 19.1 Å². The van der Waals surface area contributed by atoms with Crippen LogP contribution in [0.4, 0.5) is 0 Å². The van der Waals surface area contributed by atoms with E-state index in [1.165, 1.54) is 12.8 Å². The molecule has 0 saturated carbocycles. The lowest BCUT2D eigenvalue weighted by Gasteiger charge is -2.14. The van der Waals surface area contributed by atoms with E-state index in [0.29, 0.717) is 37.2 Å². The number of esters is 2. The monoisotopic (exact) mass is 340 g/mol. The smallest absolute Gasteiger partial charge is 0.334 e. The molecule has 0 unspecified atom stereocenters. The Hall–Kier alpha value is -1.32. The van der Waals surface area contributed by atoms with Crippen LogP contribution >= 0.6 is 0 Å². The number of unbranched alkanes of at least 4 members (excludes halogenated alkanes) is 4. The fourth-order valence-corrected chi connectivity index (χ4v) is 2.47. The number of rotatable bonds is 14. The molecule has 0 heterocycles. The minimum Gasteiger partial charge on any atom is -0.462 e. The van der Waals surface area contributed by atoms with E-state index in [2.05, 4.69) is 6.92 Å². The second-order valence-electron chi connectivity index (χ2n) is 6.14. The van der Waals surface area contributed by atoms with E-state index in [-0.39, 0.29) is 11.9 Å². The highest BCUT2D eigenvalue weighted by Gasteiger charge is 2.22. The van der Waals surface area contributed by atoms with Crippen molar-refractivity contribution in [1.29, 1.82) is 0 Å². The van der Waals surface area contributed by atoms with Crippen LogP contribution in [0, 0.1) is 0 Å². The normalized spacial score (nSPS) is 11.8. The van der Waals surface area contributed by atoms with E-state index in [4.69, 9.17) is 9.47 Å². The van der Waals surface area contributed by atoms with Crippen molar-refractivity contribution in [3.8, 4) is 0 Å². The van der Waals surface area contributed by atoms with Gasteiger partial charge >= 0.3 is 11.9 Å². The van der Waals surface area contributed by atoms with Crippen LogP contribution in [0.1, 0.15) is 91.9 Å². The number of carbonyl (C=O) groups excluding carboxylic acids is 2. The summed E-state index contributed by atoms with van der Waals surface area (Å²) in [4.78, 5) is 24.8. The number of hydrogen-bond acceptors (Lipinski definition) is 4. The first-order valence-corrected chi connectivity index (χ1v) is 9.68. The van der Waals surface area contributed by atoms with Gasteiger partial charge in [0.2, 0.25) is 0 Å². The molecule has 24 heavy (non-hydrogen) atoms. The zero-order valence-electron chi connectivity index (χ0n) is 16.1. The second kappa shape index (κ2) is 15.2. The summed E-state index contributed by atoms with van der Waals surface area (Å²) in [5, 5.41) is 0. The van der Waals surface area contributed by atoms with Crippen molar-refractivity contribution in [1.82, 2.24) is 0 Å². The third kappa shape index (κ3) is 9.74. The van der Waals surface area contributed by atoms with Crippen molar-refractivity contribution in [2.45, 2.75) is 91.9 Å². The van der Waals surface area contributed by atoms with E-state index < -0.39 is 0 Å². The predicted molar refractivity (Wildman–Crippen MR) is 97.8 cm³/mol. The molecule has 0 spiro atoms. The molecule has 4 heteroatoms. The van der Waals surface area contributed by atoms with Crippen LogP contribution in [0.15, 0.2) is 11.1 Å². The molecule has 0 rings (SSSR count). The molecule has 0 amide bonds. The number of ether oxygens (including phenoxy) is 2. The highest BCUT2D eigenvalue weighted by molar-refractivity contribution is 6.00. The summed E-state index contributed by atoms with van der Waals surface area (Å²) in [6, 6.07) is 0. The molecule has 0 aromatic heterocycles. The standard InChI is InChI=1S/C20H36O4/c1-5-9-10-11-12-14-18(20(22)24-16-8-4)17(13-6-2)19(21)23-15-7-3/h5-16H2,1-4H3. The molecular weight excluding hydrogens is 304 g/mol. The van der Waals surface area contributed by atoms with Gasteiger partial charge in [0, 0.05) is 11.1 Å². The summed E-state index contributed by atoms with van der Waals surface area (Å²) in [7, 11) is 0. The summed E-state index contributed by atoms with van der Waals surface area (Å²) in [6.45, 7) is 8.88. The van der Waals surface area contributed by atoms with E-state index >= 15 is 0 Å². The molecule has 0 N–H and O–H groups in total. The summed E-state index contributed by atoms with van der Waals surface area (Å²) >= 11 is 0. The van der Waals surface area contributed by atoms with Crippen LogP contribution in [0.2, 0.25) is 0 Å². The van der Waals surface area contributed by atoms with Crippen molar-refractivity contribution in [3.63, 3.8) is 0 Å². The molecule has 0 aromatic carbocycles. The maximum Gasteiger partial charge on any atom is 0.334 e. The van der Waals surface area contributed by atoms with Crippen molar-refractivity contribution >= 4 is 11.9 Å². The van der Waals surface area contributed by atoms with E-state index in [0.717, 1.165) is 38.5 Å². The average Bonchev–Trinajstić information content (AvgIpc) is 2.59. The van der Waals surface area contributed by atoms with Crippen molar-refractivity contribution < 1.29 is 19.1 Å². The molecule has 0 radical (unpaired) electrons. The topological polar surface area (TPSA) is 52.6 Å². The highest BCUT2D eigenvalue weighted by Crippen LogP contribution is 2.21. The van der Waals surface area contributed by atoms with Gasteiger partial charge in [-0.05, 0) is 32.1 Å². The van der Waals surface area contributed by atoms with Crippen LogP contribution in [0.5, 0.6) is 0 Å². The van der Waals surface area contributed by atoms with Gasteiger partial charge in [-0.15, -0.1) is 0 Å². The van der Waals surface area contributed by atoms with Gasteiger partial charge in [-0.2, -0.15) is 0 Å². The maximum atomic E-state index is 12.4. The average molecular weight is 341 g/mol. The van der Waals surface area contributed by atoms with Crippen LogP contribution in [0.25, 0.3) is 0 Å². The minimum absolute atomic E-state index is 0.343. The highest BCUT2D eigenvalue weighted by atomic mass is 16.5. The third-order valence-electron chi connectivity index (χ3n) is 3.76. The van der Waals surface area contributed by atoms with E-state index in [9.17, 15) is 9.59 Å². The first-order valence-electron chi connectivity index (χ1n) is 9.68. The Morgan fingerprint density at radius 3 is 1.54 bits per heavy atom. The maximum absolute atomic E-state index is 12.4. The summed E-state index contributed by atoms with van der Waals surface area (Å²) in [6.07, 6.45) is 9.06. The Morgan fingerprint density at radius 1 is 0.583 bits per heavy atom. The van der Waals surface area contributed by atoms with Gasteiger partial charge in [0.1, 0.15) is 0 Å². The minimum atomic E-state index is -0.351. The number of hydrogen-bond donors (Lipinski definition) is 0. The fraction of sp³-hybridized carbons (Fsp3) is 0.800. The van der Waals surface area contributed by atoms with Crippen molar-refractivity contribution in [2.75, 3.05) is 13.2 Å². The van der Waals surface area contributed by atoms with Gasteiger partial charge in [-0.1, -0.05) is 59.8 Å². The molecule has 0 atom stereocenters. The molecule has 0 bridgehead atoms. The van der Waals surface area contributed by atoms with Crippen molar-refractivity contribution in [3.05, 3.63) is 11.1 Å². The molecule has 0 aliphatic rings. The van der Waals surface area contributed by atoms with Crippen LogP contribution < -0.4 is 0 Å². The zero-order valence-corrected chi connectivity index (χ0v) is 16.1. The van der Waals surface area contributed by atoms with Gasteiger partial charge in [0.25, 0.3) is 0 Å². The molecule has 0 aromatic rings. The quantitative estimate of drug-likeness (QED) is 0.243. The lowest BCUT2D eigenvalue weighted by atomic mass is 9.97. The number of carbonyl (C=O) groups is 2. The first-order chi connectivity index (χ1) is 11.6. The van der Waals surface area contributed by atoms with E-state index in [1.54, 1.807) is 0 Å². The second-order valence-corrected chi connectivity index (χ2v) is 6.14. The molecular formula is C20H36O4. The van der Waals surface area contributed by atoms with Crippen molar-refractivity contribution in [2.24, 2.45) is 0 Å². The fourth-order valence-electron chi connectivity index (χ4n) is 2.47. The molecule has 0 aliphatic carbocycles. The largest absolute Gasteiger partial charge is 0.462 e. The molecule has 0 aliphatic heterocycles. The van der Waals surface area contributed by atoms with Gasteiger partial charge < -0.3 is 9.47 Å². The lowest BCUT2D eigenvalue weighted by molar-refractivity contribution is -0.142. The van der Waals surface area contributed by atoms with Crippen LogP contribution in [0.3, 0.4) is 0 Å². The molecule has 140 valence electrons.